The fraction of sp³-hybridized carbons (Fsp3) is 0.600. The average Bonchev–Trinajstić information content (AvgIpc) is 2.91. The maximum atomic E-state index is 12.3. The molecule has 1 heterocycles. The van der Waals surface area contributed by atoms with E-state index in [0.29, 0.717) is 16.6 Å². The van der Waals surface area contributed by atoms with E-state index in [1.54, 1.807) is 12.1 Å². The maximum Gasteiger partial charge on any atom is 0.242 e. The van der Waals surface area contributed by atoms with Crippen LogP contribution >= 0.6 is 0 Å². The van der Waals surface area contributed by atoms with Crippen molar-refractivity contribution < 1.29 is 8.42 Å². The molecule has 5 nitrogen and oxygen atoms in total. The molecule has 3 N–H and O–H groups in total. The molecule has 0 aromatic heterocycles. The van der Waals surface area contributed by atoms with Crippen LogP contribution in [0.15, 0.2) is 29.2 Å². The van der Waals surface area contributed by atoms with Gasteiger partial charge in [0.2, 0.25) is 10.0 Å². The summed E-state index contributed by atoms with van der Waals surface area (Å²) in [4.78, 5) is 0.318. The minimum Gasteiger partial charge on any atom is -0.384 e. The third-order valence-corrected chi connectivity index (χ3v) is 5.25. The summed E-state index contributed by atoms with van der Waals surface area (Å²) >= 11 is 0. The van der Waals surface area contributed by atoms with Crippen molar-refractivity contribution in [1.82, 2.24) is 10.0 Å². The van der Waals surface area contributed by atoms with E-state index in [1.165, 1.54) is 12.8 Å². The van der Waals surface area contributed by atoms with Crippen molar-refractivity contribution in [3.63, 3.8) is 0 Å². The summed E-state index contributed by atoms with van der Waals surface area (Å²) in [6, 6.07) is 7.49. The highest BCUT2D eigenvalue weighted by Crippen LogP contribution is 2.21. The van der Waals surface area contributed by atoms with Crippen molar-refractivity contribution in [2.75, 3.05) is 18.4 Å². The summed E-state index contributed by atoms with van der Waals surface area (Å²) in [7, 11) is -3.47. The van der Waals surface area contributed by atoms with Crippen LogP contribution in [0.1, 0.15) is 33.1 Å². The predicted molar refractivity (Wildman–Crippen MR) is 86.0 cm³/mol. The minimum atomic E-state index is -3.47. The van der Waals surface area contributed by atoms with Gasteiger partial charge in [0.05, 0.1) is 5.69 Å². The van der Waals surface area contributed by atoms with Gasteiger partial charge in [0.1, 0.15) is 4.90 Å². The largest absolute Gasteiger partial charge is 0.384 e. The third kappa shape index (κ3) is 4.69. The molecule has 0 aliphatic carbocycles. The zero-order chi connectivity index (χ0) is 15.3. The highest BCUT2D eigenvalue weighted by Gasteiger charge is 2.19. The summed E-state index contributed by atoms with van der Waals surface area (Å²) < 4.78 is 27.3. The van der Waals surface area contributed by atoms with Crippen LogP contribution < -0.4 is 15.4 Å². The van der Waals surface area contributed by atoms with Crippen molar-refractivity contribution in [3.05, 3.63) is 24.3 Å². The van der Waals surface area contributed by atoms with Gasteiger partial charge in [0, 0.05) is 18.6 Å². The summed E-state index contributed by atoms with van der Waals surface area (Å²) in [5, 5.41) is 6.70. The number of hydrogen-bond acceptors (Lipinski definition) is 4. The summed E-state index contributed by atoms with van der Waals surface area (Å²) in [5.74, 6) is 0. The zero-order valence-electron chi connectivity index (χ0n) is 12.7. The van der Waals surface area contributed by atoms with E-state index < -0.39 is 10.0 Å². The first-order chi connectivity index (χ1) is 9.99. The van der Waals surface area contributed by atoms with E-state index in [-0.39, 0.29) is 6.04 Å². The molecule has 21 heavy (non-hydrogen) atoms. The summed E-state index contributed by atoms with van der Waals surface area (Å²) in [5.41, 5.74) is 0.670. The van der Waals surface area contributed by atoms with Gasteiger partial charge in [-0.3, -0.25) is 0 Å². The van der Waals surface area contributed by atoms with Crippen molar-refractivity contribution in [3.8, 4) is 0 Å². The quantitative estimate of drug-likeness (QED) is 0.719. The van der Waals surface area contributed by atoms with Crippen LogP contribution in [0.2, 0.25) is 0 Å². The molecule has 0 radical (unpaired) electrons. The van der Waals surface area contributed by atoms with Gasteiger partial charge < -0.3 is 10.6 Å². The Balaban J connectivity index is 2.02. The van der Waals surface area contributed by atoms with Gasteiger partial charge in [0.25, 0.3) is 0 Å². The fourth-order valence-electron chi connectivity index (χ4n) is 2.60. The summed E-state index contributed by atoms with van der Waals surface area (Å²) in [6.45, 7) is 5.50. The van der Waals surface area contributed by atoms with Crippen molar-refractivity contribution >= 4 is 15.7 Å². The topological polar surface area (TPSA) is 70.2 Å². The Morgan fingerprint density at radius 1 is 1.33 bits per heavy atom. The van der Waals surface area contributed by atoms with Crippen molar-refractivity contribution in [1.29, 1.82) is 0 Å². The van der Waals surface area contributed by atoms with Gasteiger partial charge >= 0.3 is 0 Å². The van der Waals surface area contributed by atoms with Gasteiger partial charge in [-0.2, -0.15) is 0 Å². The molecule has 1 fully saturated rings. The molecular weight excluding hydrogens is 286 g/mol. The molecule has 1 aromatic carbocycles. The Labute approximate surface area is 127 Å². The van der Waals surface area contributed by atoms with E-state index in [1.807, 2.05) is 26.0 Å². The molecule has 1 aliphatic rings. The Hall–Kier alpha value is -1.11. The van der Waals surface area contributed by atoms with E-state index in [4.69, 9.17) is 0 Å². The van der Waals surface area contributed by atoms with Crippen LogP contribution in [0.4, 0.5) is 5.69 Å². The molecule has 1 atom stereocenters. The fourth-order valence-corrected chi connectivity index (χ4v) is 4.04. The molecular formula is C15H25N3O2S. The normalized spacial score (nSPS) is 19.1. The van der Waals surface area contributed by atoms with Crippen LogP contribution in [0.25, 0.3) is 0 Å². The van der Waals surface area contributed by atoms with Crippen LogP contribution in [0, 0.1) is 0 Å². The number of hydrogen-bond donors (Lipinski definition) is 3. The summed E-state index contributed by atoms with van der Waals surface area (Å²) in [6.07, 6.45) is 3.44. The molecule has 6 heteroatoms. The Bertz CT molecular complexity index is 552. The number of benzene rings is 1. The van der Waals surface area contributed by atoms with Gasteiger partial charge in [-0.05, 0) is 51.8 Å². The SMILES string of the molecule is CC(C)NS(=O)(=O)c1ccccc1NCC[C@H]1CCCN1. The highest BCUT2D eigenvalue weighted by molar-refractivity contribution is 7.89. The first-order valence-corrected chi connectivity index (χ1v) is 9.06. The molecule has 2 rings (SSSR count). The second kappa shape index (κ2) is 7.24. The molecule has 1 aliphatic heterocycles. The molecule has 0 bridgehead atoms. The second-order valence-corrected chi connectivity index (χ2v) is 7.46. The third-order valence-electron chi connectivity index (χ3n) is 3.54. The molecule has 1 saturated heterocycles. The first-order valence-electron chi connectivity index (χ1n) is 7.57. The number of nitrogens with one attached hydrogen (secondary N) is 3. The monoisotopic (exact) mass is 311 g/mol. The highest BCUT2D eigenvalue weighted by atomic mass is 32.2. The number of rotatable bonds is 7. The van der Waals surface area contributed by atoms with Crippen LogP contribution in [0.3, 0.4) is 0 Å². The Kier molecular flexibility index (Phi) is 5.61. The average molecular weight is 311 g/mol. The van der Waals surface area contributed by atoms with Crippen molar-refractivity contribution in [2.24, 2.45) is 0 Å². The number of anilines is 1. The minimum absolute atomic E-state index is 0.120. The Morgan fingerprint density at radius 3 is 2.76 bits per heavy atom. The van der Waals surface area contributed by atoms with Gasteiger partial charge in [-0.15, -0.1) is 0 Å². The lowest BCUT2D eigenvalue weighted by Gasteiger charge is -2.16. The molecule has 0 spiro atoms. The standard InChI is InChI=1S/C15H25N3O2S/c1-12(2)18-21(19,20)15-8-4-3-7-14(15)17-11-9-13-6-5-10-16-13/h3-4,7-8,12-13,16-18H,5-6,9-11H2,1-2H3/t13-/m1/s1. The molecule has 0 unspecified atom stereocenters. The number of sulfonamides is 1. The zero-order valence-corrected chi connectivity index (χ0v) is 13.5. The van der Waals surface area contributed by atoms with Gasteiger partial charge in [0.15, 0.2) is 0 Å². The molecule has 0 saturated carbocycles. The second-order valence-electron chi connectivity index (χ2n) is 5.78. The van der Waals surface area contributed by atoms with Gasteiger partial charge in [-0.25, -0.2) is 13.1 Å². The van der Waals surface area contributed by atoms with E-state index in [2.05, 4.69) is 15.4 Å². The lowest BCUT2D eigenvalue weighted by molar-refractivity contribution is 0.568. The van der Waals surface area contributed by atoms with Crippen LogP contribution in [0.5, 0.6) is 0 Å². The molecule has 118 valence electrons. The lowest BCUT2D eigenvalue weighted by Crippen LogP contribution is -2.31. The number of para-hydroxylation sites is 1. The van der Waals surface area contributed by atoms with Crippen LogP contribution in [-0.4, -0.2) is 33.6 Å². The van der Waals surface area contributed by atoms with Crippen LogP contribution in [-0.2, 0) is 10.0 Å². The molecule has 1 aromatic rings. The maximum absolute atomic E-state index is 12.3. The Morgan fingerprint density at radius 2 is 2.10 bits per heavy atom. The first kappa shape index (κ1) is 16.3. The van der Waals surface area contributed by atoms with E-state index >= 15 is 0 Å². The lowest BCUT2D eigenvalue weighted by atomic mass is 10.1. The van der Waals surface area contributed by atoms with E-state index in [0.717, 1.165) is 19.5 Å². The smallest absolute Gasteiger partial charge is 0.242 e. The van der Waals surface area contributed by atoms with E-state index in [9.17, 15) is 8.42 Å². The van der Waals surface area contributed by atoms with Crippen molar-refractivity contribution in [2.45, 2.75) is 50.1 Å². The molecule has 0 amide bonds. The van der Waals surface area contributed by atoms with Gasteiger partial charge in [-0.1, -0.05) is 12.1 Å². The predicted octanol–water partition coefficient (Wildman–Crippen LogP) is 1.93.